The zero-order chi connectivity index (χ0) is 19.2. The Morgan fingerprint density at radius 2 is 1.74 bits per heavy atom. The summed E-state index contributed by atoms with van der Waals surface area (Å²) >= 11 is 0. The molecule has 2 amide bonds. The van der Waals surface area contributed by atoms with E-state index in [9.17, 15) is 9.59 Å². The van der Waals surface area contributed by atoms with Crippen LogP contribution in [0.2, 0.25) is 0 Å². The number of fused-ring (bicyclic) bond motifs is 1. The van der Waals surface area contributed by atoms with Gasteiger partial charge in [-0.2, -0.15) is 0 Å². The van der Waals surface area contributed by atoms with E-state index in [4.69, 9.17) is 0 Å². The Hall–Kier alpha value is -3.54. The first-order valence-corrected chi connectivity index (χ1v) is 8.51. The lowest BCUT2D eigenvalue weighted by molar-refractivity contribution is -0.116. The van der Waals surface area contributed by atoms with Gasteiger partial charge in [0.2, 0.25) is 5.91 Å². The van der Waals surface area contributed by atoms with Crippen LogP contribution >= 0.6 is 0 Å². The van der Waals surface area contributed by atoms with Crippen LogP contribution in [0.3, 0.4) is 0 Å². The molecule has 0 saturated carbocycles. The van der Waals surface area contributed by atoms with Crippen molar-refractivity contribution in [3.63, 3.8) is 0 Å². The molecule has 0 atom stereocenters. The molecule has 3 rings (SSSR count). The van der Waals surface area contributed by atoms with Crippen molar-refractivity contribution in [2.45, 2.75) is 6.54 Å². The zero-order valence-electron chi connectivity index (χ0n) is 15.2. The minimum atomic E-state index is -0.224. The minimum Gasteiger partial charge on any atom is -0.348 e. The van der Waals surface area contributed by atoms with Crippen LogP contribution in [-0.4, -0.2) is 40.8 Å². The number of benzene rings is 2. The first-order chi connectivity index (χ1) is 13.0. The van der Waals surface area contributed by atoms with Gasteiger partial charge in [-0.05, 0) is 35.9 Å². The summed E-state index contributed by atoms with van der Waals surface area (Å²) in [6.45, 7) is 0.378. The van der Waals surface area contributed by atoms with Gasteiger partial charge >= 0.3 is 0 Å². The van der Waals surface area contributed by atoms with Gasteiger partial charge in [0.25, 0.3) is 5.91 Å². The summed E-state index contributed by atoms with van der Waals surface area (Å²) in [5.74, 6) is -0.275. The Morgan fingerprint density at radius 1 is 1.04 bits per heavy atom. The largest absolute Gasteiger partial charge is 0.348 e. The third-order valence-electron chi connectivity index (χ3n) is 3.95. The lowest BCUT2D eigenvalue weighted by Gasteiger charge is -2.10. The van der Waals surface area contributed by atoms with E-state index in [1.807, 2.05) is 36.4 Å². The lowest BCUT2D eigenvalue weighted by atomic mass is 10.1. The highest BCUT2D eigenvalue weighted by molar-refractivity contribution is 5.94. The van der Waals surface area contributed by atoms with Gasteiger partial charge < -0.3 is 10.2 Å². The molecule has 0 aliphatic rings. The minimum absolute atomic E-state index is 0.0509. The van der Waals surface area contributed by atoms with Crippen LogP contribution in [0.1, 0.15) is 21.6 Å². The number of nitrogens with zero attached hydrogens (tertiary/aromatic N) is 3. The summed E-state index contributed by atoms with van der Waals surface area (Å²) in [5.41, 5.74) is 3.75. The Bertz CT molecular complexity index is 994. The van der Waals surface area contributed by atoms with Crippen molar-refractivity contribution < 1.29 is 9.59 Å². The first-order valence-electron chi connectivity index (χ1n) is 8.51. The van der Waals surface area contributed by atoms with Crippen molar-refractivity contribution in [2.75, 3.05) is 14.1 Å². The summed E-state index contributed by atoms with van der Waals surface area (Å²) < 4.78 is 0. The van der Waals surface area contributed by atoms with Gasteiger partial charge in [-0.25, -0.2) is 4.98 Å². The van der Waals surface area contributed by atoms with E-state index in [1.54, 1.807) is 38.5 Å². The molecule has 1 aromatic heterocycles. The van der Waals surface area contributed by atoms with Crippen molar-refractivity contribution in [3.05, 3.63) is 77.6 Å². The Labute approximate surface area is 157 Å². The number of nitrogens with one attached hydrogen (secondary N) is 1. The maximum Gasteiger partial charge on any atom is 0.253 e. The lowest BCUT2D eigenvalue weighted by Crippen LogP contribution is -2.22. The van der Waals surface area contributed by atoms with Gasteiger partial charge in [-0.1, -0.05) is 24.3 Å². The van der Waals surface area contributed by atoms with Crippen molar-refractivity contribution in [2.24, 2.45) is 0 Å². The SMILES string of the molecule is CN(C)C(=O)c1ccc(CNC(=O)/C=C/c2cnc3ccccc3n2)cc1. The van der Waals surface area contributed by atoms with E-state index in [2.05, 4.69) is 15.3 Å². The van der Waals surface area contributed by atoms with Gasteiger partial charge in [0.05, 0.1) is 22.9 Å². The maximum absolute atomic E-state index is 12.0. The van der Waals surface area contributed by atoms with Gasteiger partial charge in [0, 0.05) is 32.3 Å². The zero-order valence-corrected chi connectivity index (χ0v) is 15.2. The highest BCUT2D eigenvalue weighted by Gasteiger charge is 2.07. The van der Waals surface area contributed by atoms with Crippen molar-refractivity contribution >= 4 is 28.9 Å². The number of aromatic nitrogens is 2. The quantitative estimate of drug-likeness (QED) is 0.710. The smallest absolute Gasteiger partial charge is 0.253 e. The summed E-state index contributed by atoms with van der Waals surface area (Å²) in [6.07, 6.45) is 4.70. The normalized spacial score (nSPS) is 10.9. The van der Waals surface area contributed by atoms with Crippen molar-refractivity contribution in [1.82, 2.24) is 20.2 Å². The Morgan fingerprint density at radius 3 is 2.44 bits per heavy atom. The molecule has 0 bridgehead atoms. The molecule has 0 aliphatic carbocycles. The number of para-hydroxylation sites is 2. The molecular formula is C21H20N4O2. The second kappa shape index (κ2) is 8.23. The van der Waals surface area contributed by atoms with Crippen LogP contribution in [0.25, 0.3) is 17.1 Å². The predicted octanol–water partition coefficient (Wildman–Crippen LogP) is 2.66. The number of hydrogen-bond acceptors (Lipinski definition) is 4. The summed E-state index contributed by atoms with van der Waals surface area (Å²) in [5, 5.41) is 2.81. The highest BCUT2D eigenvalue weighted by Crippen LogP contribution is 2.09. The van der Waals surface area contributed by atoms with E-state index in [0.29, 0.717) is 17.8 Å². The molecule has 136 valence electrons. The fourth-order valence-electron chi connectivity index (χ4n) is 2.48. The number of hydrogen-bond donors (Lipinski definition) is 1. The molecular weight excluding hydrogens is 340 g/mol. The number of carbonyl (C=O) groups excluding carboxylic acids is 2. The van der Waals surface area contributed by atoms with Crippen LogP contribution in [0.4, 0.5) is 0 Å². The molecule has 2 aromatic carbocycles. The van der Waals surface area contributed by atoms with E-state index in [-0.39, 0.29) is 11.8 Å². The molecule has 0 aliphatic heterocycles. The van der Waals surface area contributed by atoms with E-state index < -0.39 is 0 Å². The van der Waals surface area contributed by atoms with Crippen LogP contribution in [0, 0.1) is 0 Å². The van der Waals surface area contributed by atoms with E-state index in [1.165, 1.54) is 11.0 Å². The van der Waals surface area contributed by atoms with E-state index >= 15 is 0 Å². The third-order valence-corrected chi connectivity index (χ3v) is 3.95. The third kappa shape index (κ3) is 4.76. The molecule has 0 spiro atoms. The van der Waals surface area contributed by atoms with E-state index in [0.717, 1.165) is 16.6 Å². The molecule has 0 fully saturated rings. The van der Waals surface area contributed by atoms with Gasteiger partial charge in [0.15, 0.2) is 0 Å². The first kappa shape index (κ1) is 18.3. The molecule has 3 aromatic rings. The number of amides is 2. The second-order valence-electron chi connectivity index (χ2n) is 6.23. The van der Waals surface area contributed by atoms with Crippen molar-refractivity contribution in [3.8, 4) is 0 Å². The van der Waals surface area contributed by atoms with Gasteiger partial charge in [-0.3, -0.25) is 14.6 Å². The summed E-state index contributed by atoms with van der Waals surface area (Å²) in [4.78, 5) is 34.1. The van der Waals surface area contributed by atoms with Crippen LogP contribution < -0.4 is 5.32 Å². The molecule has 1 N–H and O–H groups in total. The maximum atomic E-state index is 12.0. The molecule has 27 heavy (non-hydrogen) atoms. The monoisotopic (exact) mass is 360 g/mol. The van der Waals surface area contributed by atoms with Crippen LogP contribution in [-0.2, 0) is 11.3 Å². The topological polar surface area (TPSA) is 75.2 Å². The highest BCUT2D eigenvalue weighted by atomic mass is 16.2. The number of carbonyl (C=O) groups is 2. The van der Waals surface area contributed by atoms with Crippen LogP contribution in [0.5, 0.6) is 0 Å². The average molecular weight is 360 g/mol. The van der Waals surface area contributed by atoms with Gasteiger partial charge in [-0.15, -0.1) is 0 Å². The molecule has 0 saturated heterocycles. The van der Waals surface area contributed by atoms with Crippen molar-refractivity contribution in [1.29, 1.82) is 0 Å². The van der Waals surface area contributed by atoms with Gasteiger partial charge in [0.1, 0.15) is 0 Å². The molecule has 6 nitrogen and oxygen atoms in total. The molecule has 6 heteroatoms. The fraction of sp³-hybridized carbons (Fsp3) is 0.143. The molecule has 0 unspecified atom stereocenters. The van der Waals surface area contributed by atoms with Crippen LogP contribution in [0.15, 0.2) is 60.8 Å². The molecule has 0 radical (unpaired) electrons. The predicted molar refractivity (Wildman–Crippen MR) is 105 cm³/mol. The standard InChI is InChI=1S/C21H20N4O2/c1-25(2)21(27)16-9-7-15(8-10-16)13-23-20(26)12-11-17-14-22-18-5-3-4-6-19(18)24-17/h3-12,14H,13H2,1-2H3,(H,23,26)/b12-11+. The number of rotatable bonds is 5. The summed E-state index contributed by atoms with van der Waals surface area (Å²) in [7, 11) is 3.42. The molecule has 1 heterocycles. The second-order valence-corrected chi connectivity index (χ2v) is 6.23. The Kier molecular flexibility index (Phi) is 5.56. The fourth-order valence-corrected chi connectivity index (χ4v) is 2.48. The summed E-state index contributed by atoms with van der Waals surface area (Å²) in [6, 6.07) is 14.7. The Balaban J connectivity index is 1.57. The average Bonchev–Trinajstić information content (AvgIpc) is 2.70.